The van der Waals surface area contributed by atoms with Crippen molar-refractivity contribution in [3.8, 4) is 0 Å². The van der Waals surface area contributed by atoms with E-state index in [9.17, 15) is 4.79 Å². The van der Waals surface area contributed by atoms with Gasteiger partial charge in [0.05, 0.1) is 6.54 Å². The average Bonchev–Trinajstić information content (AvgIpc) is 2.56. The molecule has 14 heavy (non-hydrogen) atoms. The molecular weight excluding hydrogens is 244 g/mol. The molecule has 80 valence electrons. The molecule has 0 saturated heterocycles. The quantitative estimate of drug-likeness (QED) is 0.788. The lowest BCUT2D eigenvalue weighted by molar-refractivity contribution is -0.120. The van der Waals surface area contributed by atoms with Crippen molar-refractivity contribution < 1.29 is 4.79 Å². The van der Waals surface area contributed by atoms with Gasteiger partial charge in [0.2, 0.25) is 5.91 Å². The van der Waals surface area contributed by atoms with Crippen LogP contribution in [0.15, 0.2) is 11.1 Å². The summed E-state index contributed by atoms with van der Waals surface area (Å²) in [5.41, 5.74) is 0. The number of halogens is 1. The lowest BCUT2D eigenvalue weighted by Gasteiger charge is -2.11. The third-order valence-corrected chi connectivity index (χ3v) is 2.60. The smallest absolute Gasteiger partial charge is 0.234 e. The van der Waals surface area contributed by atoms with E-state index in [4.69, 9.17) is 0 Å². The van der Waals surface area contributed by atoms with Gasteiger partial charge in [0, 0.05) is 17.1 Å². The largest absolute Gasteiger partial charge is 0.352 e. The van der Waals surface area contributed by atoms with Crippen molar-refractivity contribution in [2.45, 2.75) is 31.7 Å². The molecular formula is C10H17BrN2O. The minimum absolute atomic E-state index is 0.0886. The molecule has 0 aliphatic heterocycles. The van der Waals surface area contributed by atoms with Crippen molar-refractivity contribution in [3.63, 3.8) is 0 Å². The maximum Gasteiger partial charge on any atom is 0.234 e. The van der Waals surface area contributed by atoms with Crippen molar-refractivity contribution in [1.82, 2.24) is 10.6 Å². The number of carbonyl (C=O) groups excluding carboxylic acids is 1. The molecule has 1 fully saturated rings. The van der Waals surface area contributed by atoms with Gasteiger partial charge in [0.15, 0.2) is 0 Å². The highest BCUT2D eigenvalue weighted by atomic mass is 79.9. The summed E-state index contributed by atoms with van der Waals surface area (Å²) in [5.74, 6) is 0.0886. The van der Waals surface area contributed by atoms with Gasteiger partial charge in [-0.05, 0) is 12.8 Å². The summed E-state index contributed by atoms with van der Waals surface area (Å²) in [6, 6.07) is 0.413. The van der Waals surface area contributed by atoms with E-state index >= 15 is 0 Å². The SMILES string of the molecule is C=C(Br)CNCC(=O)NC1CCCC1. The highest BCUT2D eigenvalue weighted by Crippen LogP contribution is 2.17. The average molecular weight is 261 g/mol. The molecule has 3 nitrogen and oxygen atoms in total. The van der Waals surface area contributed by atoms with Crippen molar-refractivity contribution in [2.75, 3.05) is 13.1 Å². The standard InChI is InChI=1S/C10H17BrN2O/c1-8(11)6-12-7-10(14)13-9-4-2-3-5-9/h9,12H,1-7H2,(H,13,14). The fraction of sp³-hybridized carbons (Fsp3) is 0.700. The van der Waals surface area contributed by atoms with E-state index in [2.05, 4.69) is 33.1 Å². The van der Waals surface area contributed by atoms with Crippen molar-refractivity contribution in [2.24, 2.45) is 0 Å². The summed E-state index contributed by atoms with van der Waals surface area (Å²) in [7, 11) is 0. The fourth-order valence-electron chi connectivity index (χ4n) is 1.66. The Kier molecular flexibility index (Phi) is 5.19. The molecule has 0 aromatic rings. The molecule has 0 heterocycles. The normalized spacial score (nSPS) is 16.9. The maximum absolute atomic E-state index is 11.4. The van der Waals surface area contributed by atoms with E-state index in [1.807, 2.05) is 0 Å². The van der Waals surface area contributed by atoms with E-state index in [1.54, 1.807) is 0 Å². The highest BCUT2D eigenvalue weighted by Gasteiger charge is 2.16. The molecule has 1 rings (SSSR count). The zero-order chi connectivity index (χ0) is 10.4. The first kappa shape index (κ1) is 11.7. The Morgan fingerprint density at radius 2 is 2.00 bits per heavy atom. The Hall–Kier alpha value is -0.350. The van der Waals surface area contributed by atoms with Crippen molar-refractivity contribution >= 4 is 21.8 Å². The predicted octanol–water partition coefficient (Wildman–Crippen LogP) is 1.54. The Labute approximate surface area is 93.5 Å². The van der Waals surface area contributed by atoms with Crippen LogP contribution in [0.3, 0.4) is 0 Å². The van der Waals surface area contributed by atoms with Gasteiger partial charge >= 0.3 is 0 Å². The molecule has 1 amide bonds. The minimum Gasteiger partial charge on any atom is -0.352 e. The topological polar surface area (TPSA) is 41.1 Å². The van der Waals surface area contributed by atoms with Gasteiger partial charge in [-0.15, -0.1) is 0 Å². The molecule has 1 aliphatic carbocycles. The zero-order valence-electron chi connectivity index (χ0n) is 8.31. The summed E-state index contributed by atoms with van der Waals surface area (Å²) < 4.78 is 0.867. The molecule has 1 aliphatic rings. The first-order valence-electron chi connectivity index (χ1n) is 5.02. The Morgan fingerprint density at radius 3 is 2.57 bits per heavy atom. The number of hydrogen-bond acceptors (Lipinski definition) is 2. The van der Waals surface area contributed by atoms with Crippen LogP contribution in [-0.4, -0.2) is 25.0 Å². The van der Waals surface area contributed by atoms with Crippen LogP contribution in [0.2, 0.25) is 0 Å². The summed E-state index contributed by atoms with van der Waals surface area (Å²) in [6.45, 7) is 4.69. The number of amides is 1. The Balaban J connectivity index is 2.06. The van der Waals surface area contributed by atoms with Gasteiger partial charge in [-0.25, -0.2) is 0 Å². The van der Waals surface area contributed by atoms with Gasteiger partial charge < -0.3 is 10.6 Å². The summed E-state index contributed by atoms with van der Waals surface area (Å²) >= 11 is 3.22. The highest BCUT2D eigenvalue weighted by molar-refractivity contribution is 9.11. The van der Waals surface area contributed by atoms with Gasteiger partial charge in [-0.1, -0.05) is 35.4 Å². The van der Waals surface area contributed by atoms with Gasteiger partial charge in [-0.2, -0.15) is 0 Å². The van der Waals surface area contributed by atoms with E-state index in [0.717, 1.165) is 17.3 Å². The molecule has 0 spiro atoms. The molecule has 0 bridgehead atoms. The molecule has 0 aromatic heterocycles. The van der Waals surface area contributed by atoms with E-state index in [0.29, 0.717) is 19.1 Å². The van der Waals surface area contributed by atoms with Crippen LogP contribution in [0.5, 0.6) is 0 Å². The van der Waals surface area contributed by atoms with Gasteiger partial charge in [-0.3, -0.25) is 4.79 Å². The van der Waals surface area contributed by atoms with Crippen LogP contribution in [0, 0.1) is 0 Å². The number of hydrogen-bond donors (Lipinski definition) is 2. The third kappa shape index (κ3) is 4.77. The zero-order valence-corrected chi connectivity index (χ0v) is 9.90. The van der Waals surface area contributed by atoms with Crippen LogP contribution < -0.4 is 10.6 Å². The minimum atomic E-state index is 0.0886. The van der Waals surface area contributed by atoms with E-state index in [1.165, 1.54) is 12.8 Å². The Bertz CT molecular complexity index is 212. The number of carbonyl (C=O) groups is 1. The Morgan fingerprint density at radius 1 is 1.36 bits per heavy atom. The summed E-state index contributed by atoms with van der Waals surface area (Å²) in [5, 5.41) is 6.01. The fourth-order valence-corrected chi connectivity index (χ4v) is 1.86. The second-order valence-corrected chi connectivity index (χ2v) is 4.79. The first-order chi connectivity index (χ1) is 6.68. The monoisotopic (exact) mass is 260 g/mol. The molecule has 0 unspecified atom stereocenters. The van der Waals surface area contributed by atoms with Gasteiger partial charge in [0.1, 0.15) is 0 Å². The molecule has 1 saturated carbocycles. The second kappa shape index (κ2) is 6.19. The second-order valence-electron chi connectivity index (χ2n) is 3.67. The number of nitrogens with one attached hydrogen (secondary N) is 2. The van der Waals surface area contributed by atoms with Crippen LogP contribution >= 0.6 is 15.9 Å². The lowest BCUT2D eigenvalue weighted by atomic mass is 10.2. The van der Waals surface area contributed by atoms with Crippen LogP contribution in [0.25, 0.3) is 0 Å². The van der Waals surface area contributed by atoms with E-state index in [-0.39, 0.29) is 5.91 Å². The number of rotatable bonds is 5. The third-order valence-electron chi connectivity index (χ3n) is 2.32. The van der Waals surface area contributed by atoms with Crippen molar-refractivity contribution in [1.29, 1.82) is 0 Å². The molecule has 0 atom stereocenters. The molecule has 0 aromatic carbocycles. The summed E-state index contributed by atoms with van der Waals surface area (Å²) in [6.07, 6.45) is 4.76. The van der Waals surface area contributed by atoms with Gasteiger partial charge in [0.25, 0.3) is 0 Å². The van der Waals surface area contributed by atoms with Crippen LogP contribution in [0.4, 0.5) is 0 Å². The molecule has 4 heteroatoms. The molecule has 2 N–H and O–H groups in total. The molecule has 0 radical (unpaired) electrons. The van der Waals surface area contributed by atoms with Crippen LogP contribution in [-0.2, 0) is 4.79 Å². The van der Waals surface area contributed by atoms with Crippen molar-refractivity contribution in [3.05, 3.63) is 11.1 Å². The first-order valence-corrected chi connectivity index (χ1v) is 5.81. The van der Waals surface area contributed by atoms with Crippen LogP contribution in [0.1, 0.15) is 25.7 Å². The summed E-state index contributed by atoms with van der Waals surface area (Å²) in [4.78, 5) is 11.4. The van der Waals surface area contributed by atoms with E-state index < -0.39 is 0 Å². The predicted molar refractivity (Wildman–Crippen MR) is 61.3 cm³/mol. The lowest BCUT2D eigenvalue weighted by Crippen LogP contribution is -2.39. The maximum atomic E-state index is 11.4.